The maximum absolute atomic E-state index is 12.4. The van der Waals surface area contributed by atoms with Crippen LogP contribution in [0.4, 0.5) is 0 Å². The Bertz CT molecular complexity index is 529. The zero-order valence-corrected chi connectivity index (χ0v) is 13.1. The third-order valence-corrected chi connectivity index (χ3v) is 4.97. The van der Waals surface area contributed by atoms with Gasteiger partial charge in [0.25, 0.3) is 10.0 Å². The lowest BCUT2D eigenvalue weighted by molar-refractivity contribution is 0.309. The Kier molecular flexibility index (Phi) is 5.37. The van der Waals surface area contributed by atoms with Gasteiger partial charge in [0.05, 0.1) is 0 Å². The van der Waals surface area contributed by atoms with Crippen molar-refractivity contribution in [2.45, 2.75) is 38.4 Å². The Morgan fingerprint density at radius 2 is 2.21 bits per heavy atom. The number of nitrogens with zero attached hydrogens (tertiary/aromatic N) is 3. The molecule has 1 aliphatic rings. The SMILES string of the molecule is CCn1cc(S(=O)(=O)N2CCN[C@@H](C)C2)nc1C.Cl. The summed E-state index contributed by atoms with van der Waals surface area (Å²) in [6, 6.07) is 0.183. The van der Waals surface area contributed by atoms with Gasteiger partial charge < -0.3 is 9.88 Å². The fourth-order valence-electron chi connectivity index (χ4n) is 2.17. The van der Waals surface area contributed by atoms with E-state index in [1.54, 1.807) is 6.20 Å². The fraction of sp³-hybridized carbons (Fsp3) is 0.727. The molecular weight excluding hydrogens is 288 g/mol. The van der Waals surface area contributed by atoms with Gasteiger partial charge in [-0.05, 0) is 20.8 Å². The summed E-state index contributed by atoms with van der Waals surface area (Å²) in [5.41, 5.74) is 0. The number of nitrogens with one attached hydrogen (secondary N) is 1. The van der Waals surface area contributed by atoms with Crippen LogP contribution >= 0.6 is 12.4 Å². The van der Waals surface area contributed by atoms with E-state index in [1.807, 2.05) is 25.3 Å². The van der Waals surface area contributed by atoms with Gasteiger partial charge in [-0.3, -0.25) is 0 Å². The molecule has 1 N–H and O–H groups in total. The van der Waals surface area contributed by atoms with E-state index in [2.05, 4.69) is 10.3 Å². The molecule has 1 aromatic rings. The summed E-state index contributed by atoms with van der Waals surface area (Å²) in [5, 5.41) is 3.39. The van der Waals surface area contributed by atoms with Crippen LogP contribution in [0.3, 0.4) is 0 Å². The number of aryl methyl sites for hydroxylation is 2. The minimum Gasteiger partial charge on any atom is -0.334 e. The summed E-state index contributed by atoms with van der Waals surface area (Å²) >= 11 is 0. The van der Waals surface area contributed by atoms with Crippen molar-refractivity contribution in [3.8, 4) is 0 Å². The lowest BCUT2D eigenvalue weighted by Crippen LogP contribution is -2.51. The summed E-state index contributed by atoms with van der Waals surface area (Å²) in [6.45, 7) is 8.20. The van der Waals surface area contributed by atoms with E-state index in [4.69, 9.17) is 0 Å². The standard InChI is InChI=1S/C11H20N4O2S.ClH/c1-4-14-8-11(13-10(14)3)18(16,17)15-6-5-12-9(2)7-15;/h8-9,12H,4-7H2,1-3H3;1H/t9-;/m0./s1. The van der Waals surface area contributed by atoms with E-state index in [9.17, 15) is 8.42 Å². The van der Waals surface area contributed by atoms with Crippen LogP contribution in [0.25, 0.3) is 0 Å². The van der Waals surface area contributed by atoms with Crippen molar-refractivity contribution in [2.24, 2.45) is 0 Å². The average molecular weight is 309 g/mol. The maximum Gasteiger partial charge on any atom is 0.262 e. The molecule has 0 spiro atoms. The molecule has 1 saturated heterocycles. The molecule has 8 heteroatoms. The molecule has 0 saturated carbocycles. The first kappa shape index (κ1) is 16.4. The molecule has 110 valence electrons. The highest BCUT2D eigenvalue weighted by Crippen LogP contribution is 2.16. The molecule has 1 fully saturated rings. The van der Waals surface area contributed by atoms with Crippen LogP contribution < -0.4 is 5.32 Å². The van der Waals surface area contributed by atoms with Crippen LogP contribution in [-0.2, 0) is 16.6 Å². The first-order valence-electron chi connectivity index (χ1n) is 6.22. The first-order valence-corrected chi connectivity index (χ1v) is 7.66. The van der Waals surface area contributed by atoms with Gasteiger partial charge in [-0.25, -0.2) is 13.4 Å². The maximum atomic E-state index is 12.4. The van der Waals surface area contributed by atoms with Crippen LogP contribution in [0.1, 0.15) is 19.7 Å². The molecule has 1 aliphatic heterocycles. The highest BCUT2D eigenvalue weighted by atomic mass is 35.5. The molecule has 1 atom stereocenters. The lowest BCUT2D eigenvalue weighted by Gasteiger charge is -2.30. The third kappa shape index (κ3) is 3.28. The van der Waals surface area contributed by atoms with Gasteiger partial charge in [0.1, 0.15) is 5.82 Å². The normalized spacial score (nSPS) is 21.1. The van der Waals surface area contributed by atoms with Gasteiger partial charge in [-0.2, -0.15) is 4.31 Å². The molecular formula is C11H21ClN4O2S. The molecule has 0 unspecified atom stereocenters. The predicted octanol–water partition coefficient (Wildman–Crippen LogP) is 0.616. The minimum absolute atomic E-state index is 0. The summed E-state index contributed by atoms with van der Waals surface area (Å²) in [4.78, 5) is 4.17. The summed E-state index contributed by atoms with van der Waals surface area (Å²) < 4.78 is 28.2. The van der Waals surface area contributed by atoms with Crippen molar-refractivity contribution >= 4 is 22.4 Å². The predicted molar refractivity (Wildman–Crippen MR) is 76.1 cm³/mol. The quantitative estimate of drug-likeness (QED) is 0.889. The van der Waals surface area contributed by atoms with Crippen LogP contribution in [0.15, 0.2) is 11.2 Å². The Balaban J connectivity index is 0.00000180. The molecule has 0 amide bonds. The van der Waals surface area contributed by atoms with Gasteiger partial charge in [0.15, 0.2) is 5.03 Å². The fourth-order valence-corrected chi connectivity index (χ4v) is 3.70. The molecule has 1 aromatic heterocycles. The second kappa shape index (κ2) is 6.21. The number of halogens is 1. The highest BCUT2D eigenvalue weighted by molar-refractivity contribution is 7.89. The molecule has 2 rings (SSSR count). The van der Waals surface area contributed by atoms with Crippen molar-refractivity contribution in [3.63, 3.8) is 0 Å². The van der Waals surface area contributed by atoms with Crippen LogP contribution in [0.2, 0.25) is 0 Å². The lowest BCUT2D eigenvalue weighted by atomic mass is 10.3. The van der Waals surface area contributed by atoms with E-state index >= 15 is 0 Å². The van der Waals surface area contributed by atoms with Crippen LogP contribution in [0, 0.1) is 6.92 Å². The number of hydrogen-bond donors (Lipinski definition) is 1. The number of imidazole rings is 1. The summed E-state index contributed by atoms with van der Waals surface area (Å²) in [6.07, 6.45) is 1.62. The second-order valence-corrected chi connectivity index (χ2v) is 6.52. The van der Waals surface area contributed by atoms with Gasteiger partial charge in [-0.15, -0.1) is 12.4 Å². The number of piperazine rings is 1. The molecule has 0 aliphatic carbocycles. The zero-order valence-electron chi connectivity index (χ0n) is 11.5. The van der Waals surface area contributed by atoms with Gasteiger partial charge in [0.2, 0.25) is 0 Å². The molecule has 0 radical (unpaired) electrons. The molecule has 0 aromatic carbocycles. The van der Waals surface area contributed by atoms with Crippen molar-refractivity contribution in [3.05, 3.63) is 12.0 Å². The minimum atomic E-state index is -3.45. The van der Waals surface area contributed by atoms with E-state index in [0.717, 1.165) is 12.4 Å². The molecule has 2 heterocycles. The Hall–Kier alpha value is -0.630. The summed E-state index contributed by atoms with van der Waals surface area (Å²) in [7, 11) is -3.45. The molecule has 19 heavy (non-hydrogen) atoms. The number of aromatic nitrogens is 2. The van der Waals surface area contributed by atoms with E-state index in [1.165, 1.54) is 4.31 Å². The van der Waals surface area contributed by atoms with Gasteiger partial charge in [-0.1, -0.05) is 0 Å². The zero-order chi connectivity index (χ0) is 13.3. The smallest absolute Gasteiger partial charge is 0.262 e. The Labute approximate surface area is 120 Å². The topological polar surface area (TPSA) is 67.2 Å². The van der Waals surface area contributed by atoms with E-state index in [0.29, 0.717) is 19.6 Å². The largest absolute Gasteiger partial charge is 0.334 e. The van der Waals surface area contributed by atoms with Crippen molar-refractivity contribution in [2.75, 3.05) is 19.6 Å². The third-order valence-electron chi connectivity index (χ3n) is 3.23. The molecule has 6 nitrogen and oxygen atoms in total. The van der Waals surface area contributed by atoms with E-state index < -0.39 is 10.0 Å². The van der Waals surface area contributed by atoms with Crippen molar-refractivity contribution in [1.82, 2.24) is 19.2 Å². The average Bonchev–Trinajstić information content (AvgIpc) is 2.71. The highest BCUT2D eigenvalue weighted by Gasteiger charge is 2.30. The number of hydrogen-bond acceptors (Lipinski definition) is 4. The Morgan fingerprint density at radius 3 is 2.74 bits per heavy atom. The Morgan fingerprint density at radius 1 is 1.53 bits per heavy atom. The monoisotopic (exact) mass is 308 g/mol. The second-order valence-electron chi connectivity index (χ2n) is 4.63. The molecule has 0 bridgehead atoms. The van der Waals surface area contributed by atoms with Crippen LogP contribution in [0.5, 0.6) is 0 Å². The van der Waals surface area contributed by atoms with Gasteiger partial charge >= 0.3 is 0 Å². The first-order chi connectivity index (χ1) is 8.45. The van der Waals surface area contributed by atoms with E-state index in [-0.39, 0.29) is 23.5 Å². The van der Waals surface area contributed by atoms with Crippen LogP contribution in [-0.4, -0.2) is 48.0 Å². The number of rotatable bonds is 3. The van der Waals surface area contributed by atoms with Crippen molar-refractivity contribution < 1.29 is 8.42 Å². The number of sulfonamides is 1. The van der Waals surface area contributed by atoms with Gasteiger partial charge in [0, 0.05) is 38.4 Å². The van der Waals surface area contributed by atoms with Crippen molar-refractivity contribution in [1.29, 1.82) is 0 Å². The summed E-state index contributed by atoms with van der Waals surface area (Å²) in [5.74, 6) is 0.735.